The number of nitrogens with one attached hydrogen (secondary N) is 1. The summed E-state index contributed by atoms with van der Waals surface area (Å²) in [6.45, 7) is 2.07. The summed E-state index contributed by atoms with van der Waals surface area (Å²) in [5.41, 5.74) is 4.12. The van der Waals surface area contributed by atoms with E-state index in [2.05, 4.69) is 12.2 Å². The van der Waals surface area contributed by atoms with Gasteiger partial charge in [-0.05, 0) is 104 Å². The molecule has 0 atom stereocenters. The van der Waals surface area contributed by atoms with E-state index in [9.17, 15) is 4.79 Å². The molecule has 2 aromatic rings. The number of benzene rings is 2. The largest absolute Gasteiger partial charge is 0.445 e. The molecule has 4 aliphatic carbocycles. The third-order valence-electron chi connectivity index (χ3n) is 7.03. The lowest BCUT2D eigenvalue weighted by Crippen LogP contribution is -2.50. The number of carbonyl (C=O) groups is 1. The van der Waals surface area contributed by atoms with Crippen LogP contribution in [0.3, 0.4) is 0 Å². The molecule has 4 heteroatoms. The molecule has 0 saturated heterocycles. The summed E-state index contributed by atoms with van der Waals surface area (Å²) >= 11 is 6.14. The van der Waals surface area contributed by atoms with Crippen LogP contribution in [0.25, 0.3) is 11.1 Å². The number of halogens is 1. The molecule has 3 nitrogen and oxygen atoms in total. The van der Waals surface area contributed by atoms with Crippen molar-refractivity contribution in [3.63, 3.8) is 0 Å². The Hall–Kier alpha value is -2.00. The first-order valence-electron chi connectivity index (χ1n) is 10.4. The zero-order chi connectivity index (χ0) is 19.3. The summed E-state index contributed by atoms with van der Waals surface area (Å²) in [6, 6.07) is 13.8. The standard InChI is InChI=1S/C24H26ClNO2/c1-14-2-5-20(25)13-22(14)17-3-6-21(7-4-17)26-24(27)28-23-18-9-15-8-16(11-18)12-19(23)10-15/h2-7,13,15-16,18-19,23H,8-12H2,1H3,(H,26,27). The van der Waals surface area contributed by atoms with Crippen LogP contribution in [0.2, 0.25) is 5.02 Å². The second-order valence-corrected chi connectivity index (χ2v) is 9.40. The van der Waals surface area contributed by atoms with Gasteiger partial charge in [-0.25, -0.2) is 4.79 Å². The number of anilines is 1. The van der Waals surface area contributed by atoms with E-state index in [0.717, 1.165) is 33.7 Å². The molecule has 0 unspecified atom stereocenters. The number of rotatable bonds is 3. The fraction of sp³-hybridized carbons (Fsp3) is 0.458. The zero-order valence-corrected chi connectivity index (χ0v) is 16.9. The molecular weight excluding hydrogens is 370 g/mol. The van der Waals surface area contributed by atoms with Crippen molar-refractivity contribution in [1.82, 2.24) is 0 Å². The third-order valence-corrected chi connectivity index (χ3v) is 7.26. The van der Waals surface area contributed by atoms with Gasteiger partial charge >= 0.3 is 6.09 Å². The Morgan fingerprint density at radius 1 is 0.964 bits per heavy atom. The van der Waals surface area contributed by atoms with Crippen molar-refractivity contribution in [2.75, 3.05) is 5.32 Å². The number of hydrogen-bond donors (Lipinski definition) is 1. The maximum Gasteiger partial charge on any atom is 0.411 e. The van der Waals surface area contributed by atoms with Gasteiger partial charge in [-0.15, -0.1) is 0 Å². The van der Waals surface area contributed by atoms with Crippen LogP contribution >= 0.6 is 11.6 Å². The van der Waals surface area contributed by atoms with Crippen LogP contribution < -0.4 is 5.32 Å². The zero-order valence-electron chi connectivity index (χ0n) is 16.2. The number of carbonyl (C=O) groups excluding carboxylic acids is 1. The first-order valence-corrected chi connectivity index (χ1v) is 10.8. The van der Waals surface area contributed by atoms with E-state index in [4.69, 9.17) is 16.3 Å². The highest BCUT2D eigenvalue weighted by atomic mass is 35.5. The van der Waals surface area contributed by atoms with E-state index in [1.165, 1.54) is 37.7 Å². The van der Waals surface area contributed by atoms with E-state index in [0.29, 0.717) is 11.8 Å². The predicted molar refractivity (Wildman–Crippen MR) is 113 cm³/mol. The highest BCUT2D eigenvalue weighted by molar-refractivity contribution is 6.30. The van der Waals surface area contributed by atoms with Gasteiger partial charge in [0.25, 0.3) is 0 Å². The molecular formula is C24H26ClNO2. The third kappa shape index (κ3) is 3.41. The minimum atomic E-state index is -0.316. The molecule has 4 fully saturated rings. The molecule has 4 saturated carbocycles. The minimum Gasteiger partial charge on any atom is -0.445 e. The van der Waals surface area contributed by atoms with Crippen LogP contribution in [-0.2, 0) is 4.74 Å². The molecule has 0 heterocycles. The summed E-state index contributed by atoms with van der Waals surface area (Å²) in [6.07, 6.45) is 6.20. The molecule has 1 amide bonds. The van der Waals surface area contributed by atoms with Crippen LogP contribution in [-0.4, -0.2) is 12.2 Å². The lowest BCUT2D eigenvalue weighted by Gasteiger charge is -2.53. The van der Waals surface area contributed by atoms with Gasteiger partial charge in [0.15, 0.2) is 0 Å². The minimum absolute atomic E-state index is 0.112. The smallest absolute Gasteiger partial charge is 0.411 e. The Morgan fingerprint density at radius 2 is 1.61 bits per heavy atom. The van der Waals surface area contributed by atoms with E-state index >= 15 is 0 Å². The van der Waals surface area contributed by atoms with E-state index in [-0.39, 0.29) is 12.2 Å². The molecule has 0 aliphatic heterocycles. The summed E-state index contributed by atoms with van der Waals surface area (Å²) in [5, 5.41) is 3.64. The van der Waals surface area contributed by atoms with Crippen molar-refractivity contribution >= 4 is 23.4 Å². The van der Waals surface area contributed by atoms with Crippen molar-refractivity contribution in [2.24, 2.45) is 23.7 Å². The number of aryl methyl sites for hydroxylation is 1. The van der Waals surface area contributed by atoms with Crippen molar-refractivity contribution in [1.29, 1.82) is 0 Å². The van der Waals surface area contributed by atoms with Gasteiger partial charge in [0, 0.05) is 10.7 Å². The molecule has 6 rings (SSSR count). The van der Waals surface area contributed by atoms with Gasteiger partial charge in [0.1, 0.15) is 6.10 Å². The molecule has 0 radical (unpaired) electrons. The molecule has 0 aromatic heterocycles. The fourth-order valence-electron chi connectivity index (χ4n) is 5.98. The van der Waals surface area contributed by atoms with Gasteiger partial charge < -0.3 is 4.74 Å². The average Bonchev–Trinajstić information content (AvgIpc) is 2.67. The quantitative estimate of drug-likeness (QED) is 0.628. The average molecular weight is 396 g/mol. The first-order chi connectivity index (χ1) is 13.5. The molecule has 28 heavy (non-hydrogen) atoms. The second kappa shape index (κ2) is 7.11. The van der Waals surface area contributed by atoms with Crippen molar-refractivity contribution in [3.8, 4) is 11.1 Å². The maximum atomic E-state index is 12.5. The summed E-state index contributed by atoms with van der Waals surface area (Å²) in [4.78, 5) is 12.5. The van der Waals surface area contributed by atoms with Gasteiger partial charge in [0.2, 0.25) is 0 Å². The normalized spacial score (nSPS) is 30.3. The topological polar surface area (TPSA) is 38.3 Å². The van der Waals surface area contributed by atoms with E-state index < -0.39 is 0 Å². The lowest BCUT2D eigenvalue weighted by molar-refractivity contribution is -0.0933. The number of ether oxygens (including phenoxy) is 1. The predicted octanol–water partition coefficient (Wildman–Crippen LogP) is 6.69. The van der Waals surface area contributed by atoms with E-state index in [1.54, 1.807) is 0 Å². The van der Waals surface area contributed by atoms with Crippen LogP contribution in [0.4, 0.5) is 10.5 Å². The number of amides is 1. The van der Waals surface area contributed by atoms with Crippen molar-refractivity contribution in [2.45, 2.75) is 45.1 Å². The number of hydrogen-bond acceptors (Lipinski definition) is 2. The Morgan fingerprint density at radius 3 is 2.25 bits per heavy atom. The van der Waals surface area contributed by atoms with Crippen LogP contribution in [0, 0.1) is 30.6 Å². The lowest BCUT2D eigenvalue weighted by atomic mass is 9.55. The van der Waals surface area contributed by atoms with Crippen LogP contribution in [0.5, 0.6) is 0 Å². The van der Waals surface area contributed by atoms with Gasteiger partial charge in [-0.1, -0.05) is 29.8 Å². The summed E-state index contributed by atoms with van der Waals surface area (Å²) in [5.74, 6) is 2.92. The maximum absolute atomic E-state index is 12.5. The summed E-state index contributed by atoms with van der Waals surface area (Å²) < 4.78 is 5.91. The SMILES string of the molecule is Cc1ccc(Cl)cc1-c1ccc(NC(=O)OC2C3CC4CC(C3)CC2C4)cc1. The van der Waals surface area contributed by atoms with Crippen LogP contribution in [0.15, 0.2) is 42.5 Å². The monoisotopic (exact) mass is 395 g/mol. The first kappa shape index (κ1) is 18.1. The van der Waals surface area contributed by atoms with Gasteiger partial charge in [0.05, 0.1) is 0 Å². The Labute approximate surface area is 171 Å². The Bertz CT molecular complexity index is 864. The molecule has 4 aliphatic rings. The Kier molecular flexibility index (Phi) is 4.59. The molecule has 0 spiro atoms. The highest BCUT2D eigenvalue weighted by Crippen LogP contribution is 2.54. The molecule has 146 valence electrons. The summed E-state index contributed by atoms with van der Waals surface area (Å²) in [7, 11) is 0. The highest BCUT2D eigenvalue weighted by Gasteiger charge is 2.49. The molecule has 1 N–H and O–H groups in total. The van der Waals surface area contributed by atoms with Crippen molar-refractivity contribution < 1.29 is 9.53 Å². The molecule has 2 aromatic carbocycles. The van der Waals surface area contributed by atoms with E-state index in [1.807, 2.05) is 42.5 Å². The second-order valence-electron chi connectivity index (χ2n) is 8.96. The fourth-order valence-corrected chi connectivity index (χ4v) is 6.15. The van der Waals surface area contributed by atoms with Gasteiger partial charge in [-0.2, -0.15) is 0 Å². The molecule has 4 bridgehead atoms. The van der Waals surface area contributed by atoms with Crippen molar-refractivity contribution in [3.05, 3.63) is 53.1 Å². The Balaban J connectivity index is 1.24. The van der Waals surface area contributed by atoms with Gasteiger partial charge in [-0.3, -0.25) is 5.32 Å². The van der Waals surface area contributed by atoms with Crippen LogP contribution in [0.1, 0.15) is 37.7 Å².